The molecule has 1 aliphatic carbocycles. The smallest absolute Gasteiger partial charge is 0.282 e. The lowest BCUT2D eigenvalue weighted by Gasteiger charge is -2.22. The fraction of sp³-hybridized carbons (Fsp3) is 0.273. The number of fused-ring (bicyclic) bond motifs is 2. The summed E-state index contributed by atoms with van der Waals surface area (Å²) >= 11 is 3.50. The minimum atomic E-state index is -0.174. The first-order chi connectivity index (χ1) is 19.9. The fourth-order valence-electron chi connectivity index (χ4n) is 5.89. The molecular formula is C33H32BrN5O2. The monoisotopic (exact) mass is 609 g/mol. The van der Waals surface area contributed by atoms with Crippen LogP contribution in [0.2, 0.25) is 0 Å². The molecule has 2 heterocycles. The number of para-hydroxylation sites is 2. The number of hydrogen-bond donors (Lipinski definition) is 1. The summed E-state index contributed by atoms with van der Waals surface area (Å²) in [4.78, 5) is 31.9. The topological polar surface area (TPSA) is 81.3 Å². The van der Waals surface area contributed by atoms with E-state index in [2.05, 4.69) is 21.2 Å². The van der Waals surface area contributed by atoms with Crippen molar-refractivity contribution in [2.24, 2.45) is 5.10 Å². The van der Waals surface area contributed by atoms with Crippen LogP contribution in [0, 0.1) is 13.8 Å². The lowest BCUT2D eigenvalue weighted by molar-refractivity contribution is -0.116. The van der Waals surface area contributed by atoms with Crippen LogP contribution in [0.15, 0.2) is 81.1 Å². The van der Waals surface area contributed by atoms with Gasteiger partial charge < -0.3 is 9.88 Å². The molecule has 3 aromatic carbocycles. The van der Waals surface area contributed by atoms with Gasteiger partial charge in [-0.1, -0.05) is 71.6 Å². The molecule has 1 fully saturated rings. The van der Waals surface area contributed by atoms with E-state index in [0.717, 1.165) is 69.4 Å². The van der Waals surface area contributed by atoms with Gasteiger partial charge in [-0.3, -0.25) is 9.59 Å². The molecule has 0 saturated heterocycles. The highest BCUT2D eigenvalue weighted by atomic mass is 79.9. The molecular weight excluding hydrogens is 578 g/mol. The normalized spacial score (nSPS) is 14.3. The number of amides is 1. The highest BCUT2D eigenvalue weighted by molar-refractivity contribution is 9.10. The SMILES string of the molecule is Cc1ccccc1NC(=O)Cn1c(C)c(C=Nn2c(C3CCCCC3)nc3ccc(Br)cc3c2=O)c2ccccc21. The van der Waals surface area contributed by atoms with Gasteiger partial charge in [0, 0.05) is 38.2 Å². The largest absolute Gasteiger partial charge is 0.335 e. The average Bonchev–Trinajstić information content (AvgIpc) is 3.24. The van der Waals surface area contributed by atoms with E-state index in [9.17, 15) is 9.59 Å². The number of nitrogens with zero attached hydrogens (tertiary/aromatic N) is 4. The van der Waals surface area contributed by atoms with Crippen LogP contribution in [0.4, 0.5) is 5.69 Å². The molecule has 1 aliphatic rings. The second-order valence-corrected chi connectivity index (χ2v) is 11.7. The molecule has 1 N–H and O–H groups in total. The minimum absolute atomic E-state index is 0.105. The predicted molar refractivity (Wildman–Crippen MR) is 169 cm³/mol. The maximum Gasteiger partial charge on any atom is 0.282 e. The Morgan fingerprint density at radius 1 is 1.02 bits per heavy atom. The number of carbonyl (C=O) groups excluding carboxylic acids is 1. The molecule has 0 aliphatic heterocycles. The Morgan fingerprint density at radius 3 is 2.59 bits per heavy atom. The summed E-state index contributed by atoms with van der Waals surface area (Å²) in [6, 6.07) is 21.4. The van der Waals surface area contributed by atoms with Crippen LogP contribution < -0.4 is 10.9 Å². The van der Waals surface area contributed by atoms with E-state index in [-0.39, 0.29) is 23.9 Å². The minimum Gasteiger partial charge on any atom is -0.335 e. The molecule has 8 heteroatoms. The number of hydrogen-bond acceptors (Lipinski definition) is 4. The zero-order valence-corrected chi connectivity index (χ0v) is 24.8. The summed E-state index contributed by atoms with van der Waals surface area (Å²) in [7, 11) is 0. The van der Waals surface area contributed by atoms with Gasteiger partial charge in [-0.25, -0.2) is 4.98 Å². The van der Waals surface area contributed by atoms with Gasteiger partial charge in [-0.2, -0.15) is 9.78 Å². The van der Waals surface area contributed by atoms with Gasteiger partial charge in [0.15, 0.2) is 0 Å². The molecule has 0 radical (unpaired) electrons. The third kappa shape index (κ3) is 5.36. The van der Waals surface area contributed by atoms with Crippen molar-refractivity contribution in [1.29, 1.82) is 0 Å². The molecule has 208 valence electrons. The van der Waals surface area contributed by atoms with Crippen molar-refractivity contribution in [2.45, 2.75) is 58.4 Å². The highest BCUT2D eigenvalue weighted by Gasteiger charge is 2.23. The standard InChI is InChI=1S/C33H32BrN5O2/c1-21-10-6-8-14-28(21)36-31(40)20-38-22(2)27(25-13-7-9-15-30(25)38)19-35-39-32(23-11-4-3-5-12-23)37-29-17-16-24(34)18-26(29)33(39)41/h6-10,13-19,23H,3-5,11-12,20H2,1-2H3,(H,36,40). The van der Waals surface area contributed by atoms with Crippen LogP contribution in [0.1, 0.15) is 60.7 Å². The van der Waals surface area contributed by atoms with E-state index >= 15 is 0 Å². The lowest BCUT2D eigenvalue weighted by Crippen LogP contribution is -2.25. The number of benzene rings is 3. The molecule has 41 heavy (non-hydrogen) atoms. The van der Waals surface area contributed by atoms with Gasteiger partial charge in [0.2, 0.25) is 5.91 Å². The van der Waals surface area contributed by atoms with Crippen molar-refractivity contribution in [3.63, 3.8) is 0 Å². The Hall–Kier alpha value is -4.04. The van der Waals surface area contributed by atoms with Crippen molar-refractivity contribution < 1.29 is 4.79 Å². The van der Waals surface area contributed by atoms with Crippen LogP contribution in [0.5, 0.6) is 0 Å². The number of aromatic nitrogens is 3. The quantitative estimate of drug-likeness (QED) is 0.205. The van der Waals surface area contributed by atoms with E-state index < -0.39 is 0 Å². The van der Waals surface area contributed by atoms with Gasteiger partial charge in [-0.15, -0.1) is 0 Å². The van der Waals surface area contributed by atoms with E-state index in [1.165, 1.54) is 11.1 Å². The van der Waals surface area contributed by atoms with Crippen molar-refractivity contribution in [3.05, 3.63) is 104 Å². The summed E-state index contributed by atoms with van der Waals surface area (Å²) in [5.74, 6) is 0.806. The number of anilines is 1. The van der Waals surface area contributed by atoms with E-state index in [0.29, 0.717) is 10.9 Å². The first kappa shape index (κ1) is 27.1. The molecule has 0 spiro atoms. The third-order valence-corrected chi connectivity index (χ3v) is 8.60. The predicted octanol–water partition coefficient (Wildman–Crippen LogP) is 7.30. The zero-order valence-electron chi connectivity index (χ0n) is 23.2. The van der Waals surface area contributed by atoms with E-state index in [1.807, 2.05) is 85.1 Å². The molecule has 5 aromatic rings. The molecule has 0 atom stereocenters. The summed E-state index contributed by atoms with van der Waals surface area (Å²) < 4.78 is 4.33. The Bertz CT molecular complexity index is 1860. The first-order valence-corrected chi connectivity index (χ1v) is 14.9. The van der Waals surface area contributed by atoms with Crippen molar-refractivity contribution in [1.82, 2.24) is 14.2 Å². The second-order valence-electron chi connectivity index (χ2n) is 10.8. The second kappa shape index (κ2) is 11.4. The molecule has 1 amide bonds. The summed E-state index contributed by atoms with van der Waals surface area (Å²) in [5.41, 5.74) is 5.05. The number of rotatable bonds is 6. The maximum atomic E-state index is 13.8. The number of aryl methyl sites for hydroxylation is 1. The molecule has 1 saturated carbocycles. The summed E-state index contributed by atoms with van der Waals surface area (Å²) in [5, 5.41) is 9.34. The third-order valence-electron chi connectivity index (χ3n) is 8.11. The Balaban J connectivity index is 1.42. The Kier molecular flexibility index (Phi) is 7.58. The number of halogens is 1. The van der Waals surface area contributed by atoms with Crippen LogP contribution in [0.25, 0.3) is 21.8 Å². The van der Waals surface area contributed by atoms with Gasteiger partial charge in [0.25, 0.3) is 5.56 Å². The van der Waals surface area contributed by atoms with Crippen LogP contribution in [-0.2, 0) is 11.3 Å². The van der Waals surface area contributed by atoms with Gasteiger partial charge in [-0.05, 0) is 62.6 Å². The Morgan fingerprint density at radius 2 is 1.78 bits per heavy atom. The van der Waals surface area contributed by atoms with E-state index in [1.54, 1.807) is 6.21 Å². The molecule has 7 nitrogen and oxygen atoms in total. The molecule has 2 aromatic heterocycles. The van der Waals surface area contributed by atoms with Gasteiger partial charge in [0.05, 0.1) is 17.1 Å². The fourth-order valence-corrected chi connectivity index (χ4v) is 6.25. The number of nitrogens with one attached hydrogen (secondary N) is 1. The van der Waals surface area contributed by atoms with Crippen molar-refractivity contribution in [3.8, 4) is 0 Å². The highest BCUT2D eigenvalue weighted by Crippen LogP contribution is 2.32. The first-order valence-electron chi connectivity index (χ1n) is 14.1. The summed E-state index contributed by atoms with van der Waals surface area (Å²) in [6.07, 6.45) is 7.21. The lowest BCUT2D eigenvalue weighted by atomic mass is 9.88. The van der Waals surface area contributed by atoms with Gasteiger partial charge >= 0.3 is 0 Å². The van der Waals surface area contributed by atoms with Gasteiger partial charge in [0.1, 0.15) is 12.4 Å². The molecule has 6 rings (SSSR count). The maximum absolute atomic E-state index is 13.8. The number of carbonyl (C=O) groups is 1. The van der Waals surface area contributed by atoms with E-state index in [4.69, 9.17) is 10.1 Å². The van der Waals surface area contributed by atoms with Crippen LogP contribution in [0.3, 0.4) is 0 Å². The summed E-state index contributed by atoms with van der Waals surface area (Å²) in [6.45, 7) is 4.13. The Labute approximate surface area is 247 Å². The van der Waals surface area contributed by atoms with Crippen LogP contribution >= 0.6 is 15.9 Å². The van der Waals surface area contributed by atoms with Crippen molar-refractivity contribution in [2.75, 3.05) is 5.32 Å². The van der Waals surface area contributed by atoms with Crippen LogP contribution in [-0.4, -0.2) is 26.3 Å². The molecule has 0 unspecified atom stereocenters. The average molecular weight is 611 g/mol. The molecule has 0 bridgehead atoms. The zero-order chi connectivity index (χ0) is 28.5. The van der Waals surface area contributed by atoms with Crippen molar-refractivity contribution >= 4 is 55.5 Å².